The fourth-order valence-corrected chi connectivity index (χ4v) is 3.57. The number of fused-ring (bicyclic) bond motifs is 2. The van der Waals surface area contributed by atoms with Gasteiger partial charge >= 0.3 is 6.09 Å². The second-order valence-corrected chi connectivity index (χ2v) is 7.75. The van der Waals surface area contributed by atoms with E-state index in [1.54, 1.807) is 17.0 Å². The van der Waals surface area contributed by atoms with E-state index < -0.39 is 29.9 Å². The van der Waals surface area contributed by atoms with E-state index >= 15 is 0 Å². The van der Waals surface area contributed by atoms with Crippen molar-refractivity contribution in [3.05, 3.63) is 17.3 Å². The highest BCUT2D eigenvalue weighted by Gasteiger charge is 2.51. The number of piperidine rings is 1. The molecule has 2 aliphatic heterocycles. The Labute approximate surface area is 145 Å². The summed E-state index contributed by atoms with van der Waals surface area (Å²) in [5.41, 5.74) is -0.587. The third kappa shape index (κ3) is 3.55. The van der Waals surface area contributed by atoms with Crippen LogP contribution in [0.15, 0.2) is 12.1 Å². The second-order valence-electron chi connectivity index (χ2n) is 7.36. The largest absolute Gasteiger partial charge is 0.444 e. The maximum absolute atomic E-state index is 15.0. The van der Waals surface area contributed by atoms with Crippen LogP contribution in [0, 0.1) is 0 Å². The van der Waals surface area contributed by atoms with Crippen LogP contribution >= 0.6 is 11.6 Å². The number of halogens is 2. The molecule has 1 N–H and O–H groups in total. The van der Waals surface area contributed by atoms with Crippen molar-refractivity contribution in [3.63, 3.8) is 0 Å². The van der Waals surface area contributed by atoms with Crippen LogP contribution in [0.5, 0.6) is 0 Å². The summed E-state index contributed by atoms with van der Waals surface area (Å²) in [6.07, 6.45) is 0.335. The van der Waals surface area contributed by atoms with Gasteiger partial charge < -0.3 is 10.1 Å². The molecule has 1 amide bonds. The lowest BCUT2D eigenvalue weighted by Crippen LogP contribution is -2.57. The lowest BCUT2D eigenvalue weighted by atomic mass is 9.95. The van der Waals surface area contributed by atoms with Gasteiger partial charge in [-0.25, -0.2) is 9.18 Å². The average molecular weight is 357 g/mol. The van der Waals surface area contributed by atoms with Crippen molar-refractivity contribution in [2.75, 3.05) is 5.32 Å². The van der Waals surface area contributed by atoms with Gasteiger partial charge in [-0.1, -0.05) is 11.6 Å². The Balaban J connectivity index is 1.70. The average Bonchev–Trinajstić information content (AvgIpc) is 2.83. The number of carbonyl (C=O) groups is 1. The van der Waals surface area contributed by atoms with Gasteiger partial charge in [-0.2, -0.15) is 0 Å². The van der Waals surface area contributed by atoms with Gasteiger partial charge in [-0.15, -0.1) is 10.2 Å². The summed E-state index contributed by atoms with van der Waals surface area (Å²) >= 11 is 5.71. The highest BCUT2D eigenvalue weighted by atomic mass is 35.5. The minimum atomic E-state index is -1.19. The number of hydrogen-bond donors (Lipinski definition) is 1. The highest BCUT2D eigenvalue weighted by Crippen LogP contribution is 2.39. The van der Waals surface area contributed by atoms with Crippen molar-refractivity contribution in [1.29, 1.82) is 0 Å². The molecule has 2 aliphatic rings. The van der Waals surface area contributed by atoms with Crippen LogP contribution < -0.4 is 5.32 Å². The maximum Gasteiger partial charge on any atom is 0.410 e. The van der Waals surface area contributed by atoms with Crippen molar-refractivity contribution in [2.45, 2.75) is 69.9 Å². The number of ether oxygens (including phenoxy) is 1. The molecule has 1 aromatic heterocycles. The minimum Gasteiger partial charge on any atom is -0.444 e. The van der Waals surface area contributed by atoms with Crippen LogP contribution in [0.4, 0.5) is 15.0 Å². The minimum absolute atomic E-state index is 0.0189. The number of amides is 1. The molecule has 0 aromatic carbocycles. The molecule has 1 aromatic rings. The van der Waals surface area contributed by atoms with Crippen molar-refractivity contribution >= 4 is 23.5 Å². The second kappa shape index (κ2) is 6.35. The zero-order valence-corrected chi connectivity index (χ0v) is 14.8. The monoisotopic (exact) mass is 356 g/mol. The molecular weight excluding hydrogens is 335 g/mol. The fraction of sp³-hybridized carbons (Fsp3) is 0.688. The first-order chi connectivity index (χ1) is 11.2. The van der Waals surface area contributed by atoms with Crippen LogP contribution in [0.25, 0.3) is 0 Å². The summed E-state index contributed by atoms with van der Waals surface area (Å²) < 4.78 is 20.4. The van der Waals surface area contributed by atoms with E-state index in [4.69, 9.17) is 16.3 Å². The zero-order valence-electron chi connectivity index (χ0n) is 14.0. The molecule has 132 valence electrons. The molecule has 0 saturated carbocycles. The Morgan fingerprint density at radius 3 is 2.75 bits per heavy atom. The molecule has 0 spiro atoms. The Morgan fingerprint density at radius 1 is 1.38 bits per heavy atom. The SMILES string of the molecule is CC(C)(C)OC(=O)N1C2CCC1C(F)C(Nc1ccc(Cl)nn1)C2. The van der Waals surface area contributed by atoms with Crippen LogP contribution in [0.3, 0.4) is 0 Å². The standard InChI is InChI=1S/C16H22ClFN4O2/c1-16(2,3)24-15(23)22-9-4-5-11(22)14(18)10(8-9)19-13-7-6-12(17)20-21-13/h6-7,9-11,14H,4-5,8H2,1-3H3,(H,19,21). The predicted molar refractivity (Wildman–Crippen MR) is 88.8 cm³/mol. The van der Waals surface area contributed by atoms with Crippen LogP contribution in [0.1, 0.15) is 40.0 Å². The van der Waals surface area contributed by atoms with Crippen molar-refractivity contribution in [1.82, 2.24) is 15.1 Å². The van der Waals surface area contributed by atoms with Gasteiger partial charge in [0.25, 0.3) is 0 Å². The quantitative estimate of drug-likeness (QED) is 0.879. The molecule has 0 radical (unpaired) electrons. The lowest BCUT2D eigenvalue weighted by Gasteiger charge is -2.41. The van der Waals surface area contributed by atoms with Gasteiger partial charge in [0, 0.05) is 6.04 Å². The third-order valence-corrected chi connectivity index (χ3v) is 4.60. The van der Waals surface area contributed by atoms with Gasteiger partial charge in [-0.3, -0.25) is 4.90 Å². The molecule has 0 aliphatic carbocycles. The number of carbonyl (C=O) groups excluding carboxylic acids is 1. The third-order valence-electron chi connectivity index (χ3n) is 4.39. The van der Waals surface area contributed by atoms with Gasteiger partial charge in [0.15, 0.2) is 5.15 Å². The smallest absolute Gasteiger partial charge is 0.410 e. The van der Waals surface area contributed by atoms with E-state index in [1.807, 2.05) is 20.8 Å². The molecule has 2 saturated heterocycles. The highest BCUT2D eigenvalue weighted by molar-refractivity contribution is 6.29. The van der Waals surface area contributed by atoms with E-state index in [0.717, 1.165) is 6.42 Å². The summed E-state index contributed by atoms with van der Waals surface area (Å²) in [5, 5.41) is 11.0. The van der Waals surface area contributed by atoms with Crippen LogP contribution in [-0.2, 0) is 4.74 Å². The van der Waals surface area contributed by atoms with E-state index in [2.05, 4.69) is 15.5 Å². The van der Waals surface area contributed by atoms with E-state index in [1.165, 1.54) is 0 Å². The van der Waals surface area contributed by atoms with E-state index in [0.29, 0.717) is 18.7 Å². The number of anilines is 1. The summed E-state index contributed by atoms with van der Waals surface area (Å²) in [6, 6.07) is 2.39. The molecule has 4 unspecified atom stereocenters. The number of rotatable bonds is 2. The molecule has 2 fully saturated rings. The predicted octanol–water partition coefficient (Wildman–Crippen LogP) is 3.42. The topological polar surface area (TPSA) is 67.3 Å². The first-order valence-electron chi connectivity index (χ1n) is 8.16. The molecule has 3 heterocycles. The molecule has 6 nitrogen and oxygen atoms in total. The van der Waals surface area contributed by atoms with E-state index in [-0.39, 0.29) is 11.2 Å². The molecule has 4 atom stereocenters. The molecule has 3 rings (SSSR count). The summed E-state index contributed by atoms with van der Waals surface area (Å²) in [6.45, 7) is 5.44. The van der Waals surface area contributed by atoms with E-state index in [9.17, 15) is 9.18 Å². The van der Waals surface area contributed by atoms with Crippen LogP contribution in [-0.4, -0.2) is 51.1 Å². The number of hydrogen-bond acceptors (Lipinski definition) is 5. The number of nitrogens with zero attached hydrogens (tertiary/aromatic N) is 3. The molecule has 2 bridgehead atoms. The number of aromatic nitrogens is 2. The molecule has 24 heavy (non-hydrogen) atoms. The normalized spacial score (nSPS) is 29.5. The fourth-order valence-electron chi connectivity index (χ4n) is 3.47. The van der Waals surface area contributed by atoms with Crippen molar-refractivity contribution in [2.24, 2.45) is 0 Å². The van der Waals surface area contributed by atoms with Crippen LogP contribution in [0.2, 0.25) is 5.15 Å². The summed E-state index contributed by atoms with van der Waals surface area (Å²) in [4.78, 5) is 14.0. The van der Waals surface area contributed by atoms with Gasteiger partial charge in [-0.05, 0) is 52.2 Å². The Kier molecular flexibility index (Phi) is 4.55. The molecular formula is C16H22ClFN4O2. The summed E-state index contributed by atoms with van der Waals surface area (Å²) in [7, 11) is 0. The number of nitrogens with one attached hydrogen (secondary N) is 1. The van der Waals surface area contributed by atoms with Gasteiger partial charge in [0.1, 0.15) is 17.6 Å². The Morgan fingerprint density at radius 2 is 2.12 bits per heavy atom. The molecule has 8 heteroatoms. The number of alkyl halides is 1. The van der Waals surface area contributed by atoms with Crippen molar-refractivity contribution in [3.8, 4) is 0 Å². The maximum atomic E-state index is 15.0. The first kappa shape index (κ1) is 17.2. The summed E-state index contributed by atoms with van der Waals surface area (Å²) in [5.74, 6) is 0.483. The lowest BCUT2D eigenvalue weighted by molar-refractivity contribution is -0.00834. The van der Waals surface area contributed by atoms with Gasteiger partial charge in [0.2, 0.25) is 0 Å². The van der Waals surface area contributed by atoms with Gasteiger partial charge in [0.05, 0.1) is 12.1 Å². The Hall–Kier alpha value is -1.63. The zero-order chi connectivity index (χ0) is 17.5. The Bertz CT molecular complexity index is 607. The first-order valence-corrected chi connectivity index (χ1v) is 8.53. The van der Waals surface area contributed by atoms with Crippen molar-refractivity contribution < 1.29 is 13.9 Å².